The standard InChI is InChI=1S/C17H22N4O/c1-13-6-4-7-14(10-13)11-20-17(18-2)21-12-15-8-5-9-19-16(15)22-3/h4-10H,11-12H2,1-3H3,(H2,18,20,21). The number of rotatable bonds is 5. The number of aromatic nitrogens is 1. The smallest absolute Gasteiger partial charge is 0.218 e. The summed E-state index contributed by atoms with van der Waals surface area (Å²) in [6, 6.07) is 12.3. The summed E-state index contributed by atoms with van der Waals surface area (Å²) in [5.74, 6) is 1.37. The molecule has 0 aliphatic heterocycles. The summed E-state index contributed by atoms with van der Waals surface area (Å²) in [4.78, 5) is 8.41. The van der Waals surface area contributed by atoms with Gasteiger partial charge in [-0.1, -0.05) is 35.9 Å². The second-order valence-electron chi connectivity index (χ2n) is 4.94. The molecule has 0 saturated carbocycles. The lowest BCUT2D eigenvalue weighted by atomic mass is 10.1. The van der Waals surface area contributed by atoms with Gasteiger partial charge in [0.2, 0.25) is 5.88 Å². The molecule has 2 aromatic rings. The van der Waals surface area contributed by atoms with Crippen LogP contribution in [0.25, 0.3) is 0 Å². The van der Waals surface area contributed by atoms with Crippen LogP contribution < -0.4 is 15.4 Å². The number of hydrogen-bond acceptors (Lipinski definition) is 3. The molecular formula is C17H22N4O. The molecule has 0 fully saturated rings. The SMILES string of the molecule is CN=C(NCc1cccc(C)c1)NCc1cccnc1OC. The Morgan fingerprint density at radius 3 is 2.73 bits per heavy atom. The van der Waals surface area contributed by atoms with Crippen molar-refractivity contribution >= 4 is 5.96 Å². The number of pyridine rings is 1. The Kier molecular flexibility index (Phi) is 5.77. The summed E-state index contributed by atoms with van der Waals surface area (Å²) in [6.07, 6.45) is 1.72. The first-order valence-electron chi connectivity index (χ1n) is 7.21. The topological polar surface area (TPSA) is 58.5 Å². The van der Waals surface area contributed by atoms with Crippen LogP contribution in [-0.2, 0) is 13.1 Å². The molecule has 22 heavy (non-hydrogen) atoms. The highest BCUT2D eigenvalue weighted by atomic mass is 16.5. The van der Waals surface area contributed by atoms with E-state index in [9.17, 15) is 0 Å². The number of nitrogens with zero attached hydrogens (tertiary/aromatic N) is 2. The minimum atomic E-state index is 0.602. The molecule has 0 spiro atoms. The predicted molar refractivity (Wildman–Crippen MR) is 89.0 cm³/mol. The molecule has 2 rings (SSSR count). The minimum Gasteiger partial charge on any atom is -0.481 e. The van der Waals surface area contributed by atoms with E-state index in [0.717, 1.165) is 18.1 Å². The Bertz CT molecular complexity index is 640. The number of nitrogens with one attached hydrogen (secondary N) is 2. The molecule has 1 heterocycles. The maximum Gasteiger partial charge on any atom is 0.218 e. The van der Waals surface area contributed by atoms with Gasteiger partial charge in [0.25, 0.3) is 0 Å². The predicted octanol–water partition coefficient (Wildman–Crippen LogP) is 2.26. The van der Waals surface area contributed by atoms with Gasteiger partial charge in [0, 0.05) is 31.9 Å². The number of guanidine groups is 1. The van der Waals surface area contributed by atoms with Crippen molar-refractivity contribution in [3.63, 3.8) is 0 Å². The van der Waals surface area contributed by atoms with Crippen LogP contribution in [0.2, 0.25) is 0 Å². The fourth-order valence-electron chi connectivity index (χ4n) is 2.15. The van der Waals surface area contributed by atoms with E-state index >= 15 is 0 Å². The Morgan fingerprint density at radius 2 is 2.00 bits per heavy atom. The Balaban J connectivity index is 1.90. The lowest BCUT2D eigenvalue weighted by molar-refractivity contribution is 0.392. The molecule has 116 valence electrons. The summed E-state index contributed by atoms with van der Waals surface area (Å²) in [5, 5.41) is 6.56. The molecule has 5 heteroatoms. The number of aryl methyl sites for hydroxylation is 1. The molecule has 0 bridgehead atoms. The van der Waals surface area contributed by atoms with E-state index in [4.69, 9.17) is 4.74 Å². The molecule has 0 aliphatic rings. The third-order valence-corrected chi connectivity index (χ3v) is 3.26. The van der Waals surface area contributed by atoms with Crippen molar-refractivity contribution in [3.05, 3.63) is 59.3 Å². The summed E-state index contributed by atoms with van der Waals surface area (Å²) in [5.41, 5.74) is 3.47. The largest absolute Gasteiger partial charge is 0.481 e. The molecule has 2 N–H and O–H groups in total. The molecule has 5 nitrogen and oxygen atoms in total. The summed E-state index contributed by atoms with van der Waals surface area (Å²) >= 11 is 0. The first kappa shape index (κ1) is 15.8. The molecule has 0 radical (unpaired) electrons. The van der Waals surface area contributed by atoms with Gasteiger partial charge in [-0.05, 0) is 18.6 Å². The van der Waals surface area contributed by atoms with Gasteiger partial charge < -0.3 is 15.4 Å². The molecule has 0 amide bonds. The van der Waals surface area contributed by atoms with Gasteiger partial charge >= 0.3 is 0 Å². The van der Waals surface area contributed by atoms with Crippen LogP contribution in [-0.4, -0.2) is 25.1 Å². The van der Waals surface area contributed by atoms with Crippen molar-refractivity contribution in [1.29, 1.82) is 0 Å². The highest BCUT2D eigenvalue weighted by molar-refractivity contribution is 5.79. The lowest BCUT2D eigenvalue weighted by Crippen LogP contribution is -2.36. The second-order valence-corrected chi connectivity index (χ2v) is 4.94. The number of methoxy groups -OCH3 is 1. The lowest BCUT2D eigenvalue weighted by Gasteiger charge is -2.13. The van der Waals surface area contributed by atoms with Crippen LogP contribution in [0.5, 0.6) is 5.88 Å². The van der Waals surface area contributed by atoms with Crippen LogP contribution in [0.15, 0.2) is 47.6 Å². The molecule has 0 unspecified atom stereocenters. The van der Waals surface area contributed by atoms with Crippen LogP contribution >= 0.6 is 0 Å². The van der Waals surface area contributed by atoms with Crippen molar-refractivity contribution in [1.82, 2.24) is 15.6 Å². The third kappa shape index (κ3) is 4.48. The van der Waals surface area contributed by atoms with Crippen molar-refractivity contribution in [2.45, 2.75) is 20.0 Å². The Hall–Kier alpha value is -2.56. The van der Waals surface area contributed by atoms with Crippen LogP contribution in [0.1, 0.15) is 16.7 Å². The van der Waals surface area contributed by atoms with Gasteiger partial charge in [-0.25, -0.2) is 4.98 Å². The fraction of sp³-hybridized carbons (Fsp3) is 0.294. The fourth-order valence-corrected chi connectivity index (χ4v) is 2.15. The highest BCUT2D eigenvalue weighted by Crippen LogP contribution is 2.12. The van der Waals surface area contributed by atoms with E-state index in [2.05, 4.69) is 51.8 Å². The average Bonchev–Trinajstić information content (AvgIpc) is 2.55. The average molecular weight is 298 g/mol. The van der Waals surface area contributed by atoms with E-state index < -0.39 is 0 Å². The van der Waals surface area contributed by atoms with Crippen LogP contribution in [0.4, 0.5) is 0 Å². The van der Waals surface area contributed by atoms with E-state index in [1.807, 2.05) is 12.1 Å². The van der Waals surface area contributed by atoms with Gasteiger partial charge in [0.05, 0.1) is 7.11 Å². The normalized spacial score (nSPS) is 11.1. The zero-order valence-corrected chi connectivity index (χ0v) is 13.3. The first-order chi connectivity index (χ1) is 10.7. The maximum absolute atomic E-state index is 5.24. The molecule has 0 atom stereocenters. The van der Waals surface area contributed by atoms with Crippen LogP contribution in [0, 0.1) is 6.92 Å². The molecule has 0 aliphatic carbocycles. The molecular weight excluding hydrogens is 276 g/mol. The van der Waals surface area contributed by atoms with Gasteiger partial charge in [-0.15, -0.1) is 0 Å². The summed E-state index contributed by atoms with van der Waals surface area (Å²) < 4.78 is 5.24. The van der Waals surface area contributed by atoms with E-state index in [-0.39, 0.29) is 0 Å². The van der Waals surface area contributed by atoms with E-state index in [1.54, 1.807) is 20.4 Å². The molecule has 1 aromatic heterocycles. The second kappa shape index (κ2) is 8.02. The minimum absolute atomic E-state index is 0.602. The van der Waals surface area contributed by atoms with E-state index in [1.165, 1.54) is 11.1 Å². The Labute approximate surface area is 131 Å². The molecule has 0 saturated heterocycles. The summed E-state index contributed by atoms with van der Waals surface area (Å²) in [7, 11) is 3.38. The van der Waals surface area contributed by atoms with Gasteiger partial charge in [-0.3, -0.25) is 4.99 Å². The van der Waals surface area contributed by atoms with Crippen molar-refractivity contribution < 1.29 is 4.74 Å². The number of benzene rings is 1. The highest BCUT2D eigenvalue weighted by Gasteiger charge is 2.04. The number of ether oxygens (including phenoxy) is 1. The zero-order valence-electron chi connectivity index (χ0n) is 13.3. The van der Waals surface area contributed by atoms with Gasteiger partial charge in [0.15, 0.2) is 5.96 Å². The van der Waals surface area contributed by atoms with Crippen molar-refractivity contribution in [2.75, 3.05) is 14.2 Å². The van der Waals surface area contributed by atoms with E-state index in [0.29, 0.717) is 12.4 Å². The monoisotopic (exact) mass is 298 g/mol. The third-order valence-electron chi connectivity index (χ3n) is 3.26. The first-order valence-corrected chi connectivity index (χ1v) is 7.21. The molecule has 1 aromatic carbocycles. The summed E-state index contributed by atoms with van der Waals surface area (Å²) in [6.45, 7) is 3.42. The van der Waals surface area contributed by atoms with Crippen molar-refractivity contribution in [3.8, 4) is 5.88 Å². The van der Waals surface area contributed by atoms with Gasteiger partial charge in [-0.2, -0.15) is 0 Å². The number of hydrogen-bond donors (Lipinski definition) is 2. The van der Waals surface area contributed by atoms with Crippen molar-refractivity contribution in [2.24, 2.45) is 4.99 Å². The van der Waals surface area contributed by atoms with Crippen LogP contribution in [0.3, 0.4) is 0 Å². The maximum atomic E-state index is 5.24. The Morgan fingerprint density at radius 1 is 1.18 bits per heavy atom. The quantitative estimate of drug-likeness (QED) is 0.657. The zero-order chi connectivity index (χ0) is 15.8. The van der Waals surface area contributed by atoms with Gasteiger partial charge in [0.1, 0.15) is 0 Å². The number of aliphatic imine (C=N–C) groups is 1.